The van der Waals surface area contributed by atoms with E-state index in [9.17, 15) is 0 Å². The number of unbranched alkanes of at least 4 members (excludes halogenated alkanes) is 3. The van der Waals surface area contributed by atoms with Crippen molar-refractivity contribution in [1.82, 2.24) is 10.6 Å². The summed E-state index contributed by atoms with van der Waals surface area (Å²) in [4.78, 5) is 5.01. The average molecular weight is 362 g/mol. The molecule has 2 aliphatic rings. The highest BCUT2D eigenvalue weighted by Gasteiger charge is 2.31. The molecule has 0 saturated carbocycles. The molecule has 0 amide bonds. The predicted octanol–water partition coefficient (Wildman–Crippen LogP) is 4.19. The molecule has 0 aromatic heterocycles. The lowest BCUT2D eigenvalue weighted by atomic mass is 10.1. The Bertz CT molecular complexity index is 753. The molecule has 4 N–H and O–H groups in total. The number of nitrogens with zero attached hydrogens (tertiary/aromatic N) is 1. The topological polar surface area (TPSA) is 84.1 Å². The summed E-state index contributed by atoms with van der Waals surface area (Å²) in [5, 5.41) is 23.9. The first kappa shape index (κ1) is 17.0. The largest absolute Gasteiger partial charge is 0.364 e. The molecule has 1 aromatic rings. The summed E-state index contributed by atoms with van der Waals surface area (Å²) in [6.07, 6.45) is 4.76. The lowest BCUT2D eigenvalue weighted by Crippen LogP contribution is -2.20. The number of rotatable bonds is 5. The van der Waals surface area contributed by atoms with Crippen LogP contribution in [0.25, 0.3) is 5.70 Å². The molecule has 0 atom stereocenters. The smallest absolute Gasteiger partial charge is 0.168 e. The van der Waals surface area contributed by atoms with Crippen LogP contribution in [0.3, 0.4) is 0 Å². The fraction of sp³-hybridized carbons (Fsp3) is 0.353. The van der Waals surface area contributed by atoms with E-state index in [0.29, 0.717) is 21.5 Å². The van der Waals surface area contributed by atoms with Gasteiger partial charge in [0, 0.05) is 17.7 Å². The van der Waals surface area contributed by atoms with Gasteiger partial charge >= 0.3 is 0 Å². The van der Waals surface area contributed by atoms with Crippen LogP contribution in [-0.4, -0.2) is 23.4 Å². The minimum absolute atomic E-state index is 0.208. The molecule has 3 rings (SSSR count). The molecule has 1 aromatic carbocycles. The Kier molecular flexibility index (Phi) is 5.26. The van der Waals surface area contributed by atoms with E-state index in [1.165, 1.54) is 31.0 Å². The summed E-state index contributed by atoms with van der Waals surface area (Å²) < 4.78 is 0. The minimum Gasteiger partial charge on any atom is -0.364 e. The number of hydrogen-bond acceptors (Lipinski definition) is 4. The molecular weight excluding hydrogens is 342 g/mol. The molecule has 2 heterocycles. The summed E-state index contributed by atoms with van der Waals surface area (Å²) in [6, 6.07) is 5.50. The molecule has 7 heteroatoms. The monoisotopic (exact) mass is 361 g/mol. The highest BCUT2D eigenvalue weighted by molar-refractivity contribution is 8.18. The van der Waals surface area contributed by atoms with Gasteiger partial charge in [0.15, 0.2) is 11.0 Å². The van der Waals surface area contributed by atoms with Crippen LogP contribution in [0.4, 0.5) is 0 Å². The van der Waals surface area contributed by atoms with Crippen LogP contribution in [0.1, 0.15) is 43.7 Å². The van der Waals surface area contributed by atoms with Gasteiger partial charge in [0.2, 0.25) is 0 Å². The molecule has 5 nitrogen and oxygen atoms in total. The highest BCUT2D eigenvalue weighted by atomic mass is 35.5. The van der Waals surface area contributed by atoms with Crippen molar-refractivity contribution in [3.63, 3.8) is 0 Å². The third kappa shape index (κ3) is 3.35. The first-order chi connectivity index (χ1) is 11.6. The van der Waals surface area contributed by atoms with Crippen molar-refractivity contribution >= 4 is 45.9 Å². The van der Waals surface area contributed by atoms with E-state index in [0.717, 1.165) is 29.3 Å². The lowest BCUT2D eigenvalue weighted by molar-refractivity contribution is 0.656. The van der Waals surface area contributed by atoms with E-state index in [4.69, 9.17) is 22.4 Å². The van der Waals surface area contributed by atoms with E-state index in [1.54, 1.807) is 6.07 Å². The van der Waals surface area contributed by atoms with Gasteiger partial charge in [0.1, 0.15) is 5.84 Å². The molecule has 0 unspecified atom stereocenters. The van der Waals surface area contributed by atoms with Crippen LogP contribution < -0.4 is 10.6 Å². The summed E-state index contributed by atoms with van der Waals surface area (Å²) in [5.74, 6) is 0.517. The van der Waals surface area contributed by atoms with E-state index in [-0.39, 0.29) is 5.84 Å². The van der Waals surface area contributed by atoms with Crippen LogP contribution >= 0.6 is 23.4 Å². The Morgan fingerprint density at radius 3 is 2.88 bits per heavy atom. The fourth-order valence-corrected chi connectivity index (χ4v) is 3.89. The number of fused-ring (bicyclic) bond motifs is 1. The highest BCUT2D eigenvalue weighted by Crippen LogP contribution is 2.38. The molecule has 0 aliphatic carbocycles. The second-order valence-electron chi connectivity index (χ2n) is 5.72. The molecular formula is C17H20ClN5S. The normalized spacial score (nSPS) is 19.3. The molecule has 2 aliphatic heterocycles. The predicted molar refractivity (Wildman–Crippen MR) is 103 cm³/mol. The minimum atomic E-state index is 0.208. The van der Waals surface area contributed by atoms with E-state index in [2.05, 4.69) is 22.5 Å². The van der Waals surface area contributed by atoms with Crippen LogP contribution in [0.5, 0.6) is 0 Å². The van der Waals surface area contributed by atoms with Crippen molar-refractivity contribution in [2.75, 3.05) is 6.54 Å². The zero-order valence-corrected chi connectivity index (χ0v) is 15.1. The zero-order valence-electron chi connectivity index (χ0n) is 13.5. The summed E-state index contributed by atoms with van der Waals surface area (Å²) >= 11 is 7.75. The van der Waals surface area contributed by atoms with Gasteiger partial charge in [-0.05, 0) is 24.2 Å². The van der Waals surface area contributed by atoms with Gasteiger partial charge in [-0.25, -0.2) is 4.99 Å². The second-order valence-corrected chi connectivity index (χ2v) is 7.13. The van der Waals surface area contributed by atoms with Crippen molar-refractivity contribution in [2.24, 2.45) is 4.99 Å². The van der Waals surface area contributed by atoms with Crippen LogP contribution in [0, 0.1) is 10.8 Å². The summed E-state index contributed by atoms with van der Waals surface area (Å²) in [5.41, 5.74) is 2.26. The Labute approximate surface area is 151 Å². The third-order valence-corrected chi connectivity index (χ3v) is 5.29. The van der Waals surface area contributed by atoms with Crippen molar-refractivity contribution in [2.45, 2.75) is 32.6 Å². The zero-order chi connectivity index (χ0) is 17.1. The number of hydrogen-bond donors (Lipinski definition) is 4. The number of aliphatic imine (C=N–C) groups is 1. The fourth-order valence-electron chi connectivity index (χ4n) is 2.72. The van der Waals surface area contributed by atoms with Crippen molar-refractivity contribution < 1.29 is 0 Å². The Morgan fingerprint density at radius 2 is 2.08 bits per heavy atom. The molecule has 0 radical (unpaired) electrons. The van der Waals surface area contributed by atoms with Crippen LogP contribution in [0.15, 0.2) is 28.1 Å². The van der Waals surface area contributed by atoms with Crippen molar-refractivity contribution in [3.05, 3.63) is 39.3 Å². The third-order valence-electron chi connectivity index (χ3n) is 3.94. The number of benzene rings is 1. The maximum absolute atomic E-state index is 8.17. The standard InChI is InChI=1S/C17H20ClN5S/c1-2-3-4-5-9-21-17-23-16(20)14(24-17)13-12-10(15(19)22-13)7-6-8-11(12)18/h6-8H,2-5,9H2,1H3,(H2,19,22)(H2,20,21,23)/b14-13+. The number of halogens is 1. The number of thioether (sulfide) groups is 1. The van der Waals surface area contributed by atoms with E-state index >= 15 is 0 Å². The van der Waals surface area contributed by atoms with Gasteiger partial charge in [-0.15, -0.1) is 0 Å². The molecule has 0 fully saturated rings. The van der Waals surface area contributed by atoms with Gasteiger partial charge in [-0.2, -0.15) is 0 Å². The van der Waals surface area contributed by atoms with Crippen molar-refractivity contribution in [3.8, 4) is 0 Å². The molecule has 0 spiro atoms. The van der Waals surface area contributed by atoms with E-state index in [1.807, 2.05) is 12.1 Å². The van der Waals surface area contributed by atoms with Crippen LogP contribution in [0.2, 0.25) is 5.02 Å². The van der Waals surface area contributed by atoms with Crippen LogP contribution in [-0.2, 0) is 0 Å². The van der Waals surface area contributed by atoms with Gasteiger partial charge in [-0.1, -0.05) is 49.9 Å². The van der Waals surface area contributed by atoms with Gasteiger partial charge in [-0.3, -0.25) is 10.8 Å². The Morgan fingerprint density at radius 1 is 1.25 bits per heavy atom. The summed E-state index contributed by atoms with van der Waals surface area (Å²) in [7, 11) is 0. The SMILES string of the molecule is CCCCCCNC1=NC(=N)/C(=C2\NC(=N)c3cccc(Cl)c32)S1. The molecule has 0 saturated heterocycles. The lowest BCUT2D eigenvalue weighted by Gasteiger charge is -2.07. The van der Waals surface area contributed by atoms with Gasteiger partial charge < -0.3 is 10.6 Å². The molecule has 24 heavy (non-hydrogen) atoms. The number of nitrogens with one attached hydrogen (secondary N) is 4. The van der Waals surface area contributed by atoms with E-state index < -0.39 is 0 Å². The summed E-state index contributed by atoms with van der Waals surface area (Å²) in [6.45, 7) is 3.06. The number of amidine groups is 3. The Hall–Kier alpha value is -1.79. The maximum atomic E-state index is 8.17. The maximum Gasteiger partial charge on any atom is 0.168 e. The molecule has 126 valence electrons. The second kappa shape index (κ2) is 7.40. The average Bonchev–Trinajstić information content (AvgIpc) is 3.09. The molecule has 0 bridgehead atoms. The van der Waals surface area contributed by atoms with Crippen molar-refractivity contribution in [1.29, 1.82) is 10.8 Å². The first-order valence-corrected chi connectivity index (χ1v) is 9.29. The quantitative estimate of drug-likeness (QED) is 0.593. The van der Waals surface area contributed by atoms with Gasteiger partial charge in [0.25, 0.3) is 0 Å². The van der Waals surface area contributed by atoms with Gasteiger partial charge in [0.05, 0.1) is 15.6 Å². The Balaban J connectivity index is 1.75. The first-order valence-electron chi connectivity index (χ1n) is 8.10.